The lowest BCUT2D eigenvalue weighted by Gasteiger charge is -2.61. The van der Waals surface area contributed by atoms with Crippen molar-refractivity contribution in [2.45, 2.75) is 76.9 Å². The van der Waals surface area contributed by atoms with E-state index in [1.165, 1.54) is 23.9 Å². The zero-order chi connectivity index (χ0) is 29.0. The molecule has 216 valence electrons. The van der Waals surface area contributed by atoms with Crippen molar-refractivity contribution in [1.82, 2.24) is 9.97 Å². The van der Waals surface area contributed by atoms with Crippen LogP contribution in [0.4, 0.5) is 10.1 Å². The molecule has 1 heterocycles. The first-order valence-corrected chi connectivity index (χ1v) is 14.8. The molecule has 1 aromatic carbocycles. The van der Waals surface area contributed by atoms with Crippen molar-refractivity contribution in [1.29, 1.82) is 5.41 Å². The monoisotopic (exact) mass is 558 g/mol. The van der Waals surface area contributed by atoms with Crippen molar-refractivity contribution in [3.63, 3.8) is 0 Å². The number of aliphatic imine (C=N–C) groups is 1. The highest BCUT2D eigenvalue weighted by atomic mass is 19.1. The summed E-state index contributed by atoms with van der Waals surface area (Å²) < 4.78 is 13.4. The van der Waals surface area contributed by atoms with Gasteiger partial charge in [-0.15, -0.1) is 0 Å². The van der Waals surface area contributed by atoms with E-state index in [4.69, 9.17) is 10.4 Å². The Morgan fingerprint density at radius 3 is 2.61 bits per heavy atom. The van der Waals surface area contributed by atoms with Crippen molar-refractivity contribution < 1.29 is 19.4 Å². The number of ketones is 1. The number of rotatable bonds is 6. The number of aromatic nitrogens is 2. The van der Waals surface area contributed by atoms with Crippen molar-refractivity contribution in [2.75, 3.05) is 0 Å². The number of fused-ring (bicyclic) bond motifs is 5. The van der Waals surface area contributed by atoms with Gasteiger partial charge in [-0.3, -0.25) is 9.79 Å². The molecule has 8 atom stereocenters. The van der Waals surface area contributed by atoms with Crippen LogP contribution in [0.5, 0.6) is 0 Å². The number of nitrogens with zero attached hydrogens (tertiary/aromatic N) is 3. The lowest BCUT2D eigenvalue weighted by molar-refractivity contribution is -0.180. The molecule has 0 spiro atoms. The molecule has 0 radical (unpaired) electrons. The Hall–Kier alpha value is -3.10. The van der Waals surface area contributed by atoms with Crippen LogP contribution in [0.1, 0.15) is 64.6 Å². The van der Waals surface area contributed by atoms with Crippen LogP contribution in [0.2, 0.25) is 0 Å². The van der Waals surface area contributed by atoms with Gasteiger partial charge in [-0.05, 0) is 98.1 Å². The minimum Gasteiger partial charge on any atom is -0.393 e. The van der Waals surface area contributed by atoms with Crippen LogP contribution in [0, 0.1) is 45.7 Å². The second kappa shape index (κ2) is 10.3. The summed E-state index contributed by atoms with van der Waals surface area (Å²) >= 11 is 0. The second-order valence-electron chi connectivity index (χ2n) is 13.1. The van der Waals surface area contributed by atoms with E-state index < -0.39 is 17.1 Å². The number of carbonyl (C=O) groups excluding carboxylic acids is 1. The number of aliphatic hydroxyl groups is 2. The Bertz CT molecular complexity index is 1390. The number of aliphatic hydroxyl groups excluding tert-OH is 1. The highest BCUT2D eigenvalue weighted by molar-refractivity contribution is 6.07. The van der Waals surface area contributed by atoms with Crippen LogP contribution in [-0.4, -0.2) is 49.6 Å². The summed E-state index contributed by atoms with van der Waals surface area (Å²) in [5.41, 5.74) is 0.204. The smallest absolute Gasteiger partial charge is 0.165 e. The predicted octanol–water partition coefficient (Wildman–Crippen LogP) is 5.43. The third-order valence-electron chi connectivity index (χ3n) is 11.1. The van der Waals surface area contributed by atoms with Crippen molar-refractivity contribution in [3.8, 4) is 0 Å². The second-order valence-corrected chi connectivity index (χ2v) is 13.1. The lowest BCUT2D eigenvalue weighted by atomic mass is 9.44. The Labute approximate surface area is 240 Å². The predicted molar refractivity (Wildman–Crippen MR) is 155 cm³/mol. The lowest BCUT2D eigenvalue weighted by Crippen LogP contribution is -2.62. The number of hydrogen-bond acceptors (Lipinski definition) is 7. The fraction of sp³-hybridized carbons (Fsp3) is 0.545. The summed E-state index contributed by atoms with van der Waals surface area (Å²) in [4.78, 5) is 26.8. The number of benzene rings is 1. The van der Waals surface area contributed by atoms with Crippen LogP contribution in [0.3, 0.4) is 0 Å². The van der Waals surface area contributed by atoms with E-state index in [0.717, 1.165) is 25.0 Å². The molecule has 0 saturated heterocycles. The van der Waals surface area contributed by atoms with E-state index in [1.54, 1.807) is 30.6 Å². The molecule has 7 nitrogen and oxygen atoms in total. The van der Waals surface area contributed by atoms with Gasteiger partial charge >= 0.3 is 0 Å². The molecule has 3 N–H and O–H groups in total. The fourth-order valence-corrected chi connectivity index (χ4v) is 9.10. The molecule has 1 aromatic heterocycles. The first-order chi connectivity index (χ1) is 19.6. The Morgan fingerprint density at radius 2 is 1.90 bits per heavy atom. The fourth-order valence-electron chi connectivity index (χ4n) is 9.10. The number of halogens is 1. The van der Waals surface area contributed by atoms with Gasteiger partial charge in [0.1, 0.15) is 17.2 Å². The summed E-state index contributed by atoms with van der Waals surface area (Å²) in [6.07, 6.45) is 10.7. The molecular formula is C33H39FN4O3. The highest BCUT2D eigenvalue weighted by Gasteiger charge is 2.68. The summed E-state index contributed by atoms with van der Waals surface area (Å²) in [7, 11) is 0. The Morgan fingerprint density at radius 1 is 1.17 bits per heavy atom. The maximum atomic E-state index is 13.6. The van der Waals surface area contributed by atoms with E-state index >= 15 is 0 Å². The van der Waals surface area contributed by atoms with Gasteiger partial charge in [-0.2, -0.15) is 0 Å². The van der Waals surface area contributed by atoms with Crippen molar-refractivity contribution >= 4 is 23.4 Å². The average molecular weight is 559 g/mol. The first kappa shape index (κ1) is 28.0. The van der Waals surface area contributed by atoms with Crippen LogP contribution < -0.4 is 0 Å². The minimum atomic E-state index is -1.48. The van der Waals surface area contributed by atoms with Gasteiger partial charge in [0, 0.05) is 48.5 Å². The number of nitrogens with one attached hydrogen (secondary N) is 1. The van der Waals surface area contributed by atoms with Gasteiger partial charge in [-0.25, -0.2) is 14.4 Å². The summed E-state index contributed by atoms with van der Waals surface area (Å²) in [6.45, 7) is 4.24. The summed E-state index contributed by atoms with van der Waals surface area (Å²) in [5.74, 6) is 0.172. The van der Waals surface area contributed by atoms with Gasteiger partial charge in [0.05, 0.1) is 11.8 Å². The first-order valence-electron chi connectivity index (χ1n) is 14.8. The molecule has 4 aliphatic carbocycles. The SMILES string of the molecule is CC12CC(C=N)C(=Nc3ccc(F)cc3)C=C1CCC1C2C(O)CC2(C)C1CCC2(O)C(=O)CCc1ncccn1. The molecular weight excluding hydrogens is 519 g/mol. The molecule has 3 fully saturated rings. The molecule has 4 aliphatic rings. The molecule has 41 heavy (non-hydrogen) atoms. The summed E-state index contributed by atoms with van der Waals surface area (Å²) in [5, 5.41) is 32.0. The highest BCUT2D eigenvalue weighted by Crippen LogP contribution is 2.68. The van der Waals surface area contributed by atoms with E-state index in [1.807, 2.05) is 6.92 Å². The van der Waals surface area contributed by atoms with Gasteiger partial charge in [-0.1, -0.05) is 19.4 Å². The maximum absolute atomic E-state index is 13.6. The van der Waals surface area contributed by atoms with Crippen LogP contribution in [0.15, 0.2) is 59.4 Å². The molecule has 3 saturated carbocycles. The standard InChI is InChI=1S/C33H39FN4O3/c1-31-17-20(19-35)26(38-23-7-5-22(34)6-8-23)16-21(31)4-9-24-25-12-13-33(41,32(25,2)18-27(39)30(24)31)28(40)10-11-29-36-14-3-15-37-29/h3,5-8,14-16,19-20,24-25,27,30,35,39,41H,4,9-13,17-18H2,1-2H3. The third kappa shape index (κ3) is 4.50. The number of carbonyl (C=O) groups is 1. The quantitative estimate of drug-likeness (QED) is 0.409. The number of Topliss-reactive ketones (excluding diaryl/α,β-unsaturated/α-hetero) is 1. The van der Waals surface area contributed by atoms with E-state index in [0.29, 0.717) is 37.2 Å². The summed E-state index contributed by atoms with van der Waals surface area (Å²) in [6, 6.07) is 7.81. The van der Waals surface area contributed by atoms with Gasteiger partial charge in [0.25, 0.3) is 0 Å². The molecule has 0 bridgehead atoms. The average Bonchev–Trinajstić information content (AvgIpc) is 3.23. The number of aryl methyl sites for hydroxylation is 1. The molecule has 8 unspecified atom stereocenters. The zero-order valence-electron chi connectivity index (χ0n) is 23.8. The molecule has 8 heteroatoms. The molecule has 6 rings (SSSR count). The van der Waals surface area contributed by atoms with Crippen molar-refractivity contribution in [2.24, 2.45) is 39.5 Å². The Balaban J connectivity index is 1.27. The number of hydrogen-bond donors (Lipinski definition) is 3. The minimum absolute atomic E-state index is 0.0226. The van der Waals surface area contributed by atoms with Crippen LogP contribution >= 0.6 is 0 Å². The Kier molecular flexibility index (Phi) is 7.05. The van der Waals surface area contributed by atoms with E-state index in [9.17, 15) is 19.4 Å². The van der Waals surface area contributed by atoms with Gasteiger partial charge in [0.15, 0.2) is 5.78 Å². The topological polar surface area (TPSA) is 120 Å². The van der Waals surface area contributed by atoms with Crippen molar-refractivity contribution in [3.05, 3.63) is 66.0 Å². The van der Waals surface area contributed by atoms with Gasteiger partial charge in [0.2, 0.25) is 0 Å². The van der Waals surface area contributed by atoms with E-state index in [2.05, 4.69) is 23.0 Å². The van der Waals surface area contributed by atoms with Crippen LogP contribution in [-0.2, 0) is 11.2 Å². The normalized spacial score (nSPS) is 38.9. The maximum Gasteiger partial charge on any atom is 0.165 e. The molecule has 0 aliphatic heterocycles. The van der Waals surface area contributed by atoms with E-state index in [-0.39, 0.29) is 47.1 Å². The van der Waals surface area contributed by atoms with Gasteiger partial charge < -0.3 is 15.6 Å². The van der Waals surface area contributed by atoms with Crippen LogP contribution in [0.25, 0.3) is 0 Å². The molecule has 0 amide bonds. The largest absolute Gasteiger partial charge is 0.393 e. The number of allylic oxidation sites excluding steroid dienone is 2. The molecule has 2 aromatic rings. The third-order valence-corrected chi connectivity index (χ3v) is 11.1. The zero-order valence-corrected chi connectivity index (χ0v) is 23.8.